The van der Waals surface area contributed by atoms with E-state index in [1.807, 2.05) is 27.5 Å². The molecule has 0 bridgehead atoms. The van der Waals surface area contributed by atoms with Crippen molar-refractivity contribution >= 4 is 104 Å². The highest BCUT2D eigenvalue weighted by molar-refractivity contribution is 8.00. The van der Waals surface area contributed by atoms with E-state index in [0.717, 1.165) is 28.3 Å². The second-order valence-corrected chi connectivity index (χ2v) is 21.0. The SMILES string of the molecule is CO/N=C(\C(=O)N[C@@H]1C(=O)N2C(C(=O)OCc3ccc(OC)cc3)=C(C[n+]3ccc4c(ccn4Cc4c(F)cc(C(N)=NC(=O)OC(C)(C)C)cc4Cl)c3)CS[C@H]12)c1nc(NC(=O)OC(C)(C)C)sc1Cl. The predicted octanol–water partition coefficient (Wildman–Crippen LogP) is 7.32. The molecular weight excluding hydrogens is 1000 g/mol. The highest BCUT2D eigenvalue weighted by Crippen LogP contribution is 2.41. The Balaban J connectivity index is 1.11. The standard InChI is InChI=1S/C47H48Cl2FN9O10S2/c1-46(2,3)68-44(63)54-38(51)26-17-30(48)29(31(50)18-26)21-58-16-13-25-19-57(15-14-32(25)58)20-27-23-70-41-35(40(61)59(41)36(27)42(62)67-22-24-9-11-28(65-7)12-10-24)52-39(60)34(56-66-8)33-37(49)71-43(53-33)55-45(64)69-47(4,5)6/h9-19,35,41H,20-23H2,1-8H3,(H3-,51,52,53,54,55,60,63,64)/p+1/b56-34-/t35-,41-/m1/s1. The number of nitrogens with two attached hydrogens (primary N) is 1. The average molecular weight is 1050 g/mol. The third-order valence-electron chi connectivity index (χ3n) is 10.4. The summed E-state index contributed by atoms with van der Waals surface area (Å²) in [5, 5.41) is 9.15. The highest BCUT2D eigenvalue weighted by atomic mass is 35.5. The van der Waals surface area contributed by atoms with Gasteiger partial charge in [-0.3, -0.25) is 19.8 Å². The molecule has 4 N–H and O–H groups in total. The van der Waals surface area contributed by atoms with Crippen molar-refractivity contribution in [3.63, 3.8) is 0 Å². The van der Waals surface area contributed by atoms with Gasteiger partial charge in [-0.15, -0.1) is 11.8 Å². The van der Waals surface area contributed by atoms with Gasteiger partial charge in [0.2, 0.25) is 0 Å². The summed E-state index contributed by atoms with van der Waals surface area (Å²) in [5.74, 6) is -2.23. The van der Waals surface area contributed by atoms with Gasteiger partial charge in [-0.25, -0.2) is 28.3 Å². The van der Waals surface area contributed by atoms with Crippen molar-refractivity contribution in [2.75, 3.05) is 25.3 Å². The molecule has 4 amide bonds. The number of fused-ring (bicyclic) bond motifs is 2. The van der Waals surface area contributed by atoms with Gasteiger partial charge in [0.15, 0.2) is 29.8 Å². The third kappa shape index (κ3) is 12.4. The van der Waals surface area contributed by atoms with E-state index in [0.29, 0.717) is 16.9 Å². The van der Waals surface area contributed by atoms with Crippen LogP contribution in [0.4, 0.5) is 19.1 Å². The molecule has 2 aromatic carbocycles. The van der Waals surface area contributed by atoms with Crippen molar-refractivity contribution < 1.29 is 56.7 Å². The summed E-state index contributed by atoms with van der Waals surface area (Å²) in [7, 11) is 2.75. The molecule has 7 rings (SSSR count). The van der Waals surface area contributed by atoms with E-state index in [9.17, 15) is 24.0 Å². The Morgan fingerprint density at radius 1 is 1.01 bits per heavy atom. The number of methoxy groups -OCH3 is 1. The number of thioether (sulfide) groups is 1. The average Bonchev–Trinajstić information content (AvgIpc) is 3.87. The Labute approximate surface area is 425 Å². The Hall–Kier alpha value is -6.75. The van der Waals surface area contributed by atoms with Gasteiger partial charge in [0.1, 0.15) is 69.5 Å². The number of oxime groups is 1. The molecule has 0 unspecified atom stereocenters. The Morgan fingerprint density at radius 2 is 1.73 bits per heavy atom. The molecule has 0 aliphatic carbocycles. The highest BCUT2D eigenvalue weighted by Gasteiger charge is 2.55. The van der Waals surface area contributed by atoms with Crippen LogP contribution in [-0.2, 0) is 53.1 Å². The van der Waals surface area contributed by atoms with Crippen LogP contribution >= 0.6 is 46.3 Å². The summed E-state index contributed by atoms with van der Waals surface area (Å²) in [5.41, 5.74) is 6.22. The van der Waals surface area contributed by atoms with Gasteiger partial charge in [0.25, 0.3) is 11.8 Å². The van der Waals surface area contributed by atoms with Crippen molar-refractivity contribution in [1.82, 2.24) is 19.8 Å². The molecule has 374 valence electrons. The number of aromatic nitrogens is 3. The number of carbonyl (C=O) groups is 5. The molecule has 2 aliphatic rings. The number of carbonyl (C=O) groups excluding carboxylic acids is 5. The summed E-state index contributed by atoms with van der Waals surface area (Å²) in [6, 6.07) is 12.1. The number of rotatable bonds is 14. The topological polar surface area (TPSA) is 231 Å². The van der Waals surface area contributed by atoms with Crippen LogP contribution in [0.15, 0.2) is 88.5 Å². The minimum Gasteiger partial charge on any atom is -0.497 e. The van der Waals surface area contributed by atoms with Gasteiger partial charge in [-0.2, -0.15) is 4.99 Å². The minimum atomic E-state index is -1.11. The number of thiazole rings is 1. The second-order valence-electron chi connectivity index (χ2n) is 17.9. The summed E-state index contributed by atoms with van der Waals surface area (Å²) < 4.78 is 40.8. The van der Waals surface area contributed by atoms with Crippen LogP contribution in [0.2, 0.25) is 9.36 Å². The van der Waals surface area contributed by atoms with Crippen molar-refractivity contribution in [3.05, 3.63) is 116 Å². The fourth-order valence-corrected chi connectivity index (χ4v) is 9.92. The second kappa shape index (κ2) is 21.3. The fraction of sp³-hybridized carbons (Fsp3) is 0.340. The summed E-state index contributed by atoms with van der Waals surface area (Å²) in [6.07, 6.45) is 3.69. The molecule has 2 aliphatic heterocycles. The maximum absolute atomic E-state index is 15.6. The zero-order valence-corrected chi connectivity index (χ0v) is 42.8. The van der Waals surface area contributed by atoms with E-state index in [2.05, 4.69) is 25.8 Å². The van der Waals surface area contributed by atoms with Crippen molar-refractivity contribution in [2.24, 2.45) is 15.9 Å². The summed E-state index contributed by atoms with van der Waals surface area (Å²) in [6.45, 7) is 10.2. The Bertz CT molecular complexity index is 3000. The van der Waals surface area contributed by atoms with E-state index in [1.54, 1.807) is 78.2 Å². The molecule has 0 radical (unpaired) electrons. The van der Waals surface area contributed by atoms with Crippen LogP contribution in [0.25, 0.3) is 10.9 Å². The lowest BCUT2D eigenvalue weighted by Gasteiger charge is -2.49. The maximum Gasteiger partial charge on any atom is 0.436 e. The Kier molecular flexibility index (Phi) is 15.6. The van der Waals surface area contributed by atoms with Crippen molar-refractivity contribution in [3.8, 4) is 5.75 Å². The number of ether oxygens (including phenoxy) is 4. The van der Waals surface area contributed by atoms with Gasteiger partial charge < -0.3 is 39.4 Å². The zero-order chi connectivity index (χ0) is 51.5. The first-order valence-corrected chi connectivity index (χ1v) is 24.2. The number of hydrogen-bond acceptors (Lipinski definition) is 14. The quantitative estimate of drug-likeness (QED) is 0.0188. The number of amidine groups is 1. The lowest BCUT2D eigenvalue weighted by molar-refractivity contribution is -0.687. The molecule has 5 heterocycles. The first kappa shape index (κ1) is 52.1. The molecule has 0 spiro atoms. The third-order valence-corrected chi connectivity index (χ3v) is 13.2. The van der Waals surface area contributed by atoms with E-state index in [-0.39, 0.29) is 74.0 Å². The van der Waals surface area contributed by atoms with Gasteiger partial charge in [0, 0.05) is 39.7 Å². The number of nitrogens with zero attached hydrogens (tertiary/aromatic N) is 6. The molecule has 5 aromatic rings. The van der Waals surface area contributed by atoms with E-state index >= 15 is 4.39 Å². The van der Waals surface area contributed by atoms with Crippen molar-refractivity contribution in [2.45, 2.75) is 83.9 Å². The summed E-state index contributed by atoms with van der Waals surface area (Å²) >= 11 is 15.2. The van der Waals surface area contributed by atoms with E-state index < -0.39 is 58.4 Å². The van der Waals surface area contributed by atoms with Crippen LogP contribution < -0.4 is 25.7 Å². The molecule has 1 saturated heterocycles. The molecule has 71 heavy (non-hydrogen) atoms. The summed E-state index contributed by atoms with van der Waals surface area (Å²) in [4.78, 5) is 81.0. The zero-order valence-electron chi connectivity index (χ0n) is 39.6. The van der Waals surface area contributed by atoms with Crippen LogP contribution in [0, 0.1) is 5.82 Å². The van der Waals surface area contributed by atoms with Gasteiger partial charge >= 0.3 is 18.2 Å². The molecular formula is C47H49Cl2FN9O10S2+. The first-order valence-electron chi connectivity index (χ1n) is 21.6. The lowest BCUT2D eigenvalue weighted by Crippen LogP contribution is -2.71. The fourth-order valence-electron chi connectivity index (χ4n) is 7.28. The monoisotopic (exact) mass is 1050 g/mol. The number of pyridine rings is 1. The van der Waals surface area contributed by atoms with Gasteiger partial charge in [0.05, 0.1) is 24.6 Å². The van der Waals surface area contributed by atoms with Crippen LogP contribution in [0.1, 0.15) is 63.9 Å². The number of anilines is 1. The number of amides is 4. The number of aliphatic imine (C=N–C) groups is 1. The number of nitrogens with one attached hydrogen (secondary N) is 2. The van der Waals surface area contributed by atoms with E-state index in [1.165, 1.54) is 36.9 Å². The molecule has 1 fully saturated rings. The van der Waals surface area contributed by atoms with E-state index in [4.69, 9.17) is 52.7 Å². The number of esters is 1. The lowest BCUT2D eigenvalue weighted by atomic mass is 10.0. The van der Waals surface area contributed by atoms with Crippen LogP contribution in [0.5, 0.6) is 5.75 Å². The predicted molar refractivity (Wildman–Crippen MR) is 265 cm³/mol. The molecule has 2 atom stereocenters. The number of benzene rings is 2. The number of hydrogen-bond donors (Lipinski definition) is 3. The minimum absolute atomic E-state index is 0.00282. The van der Waals surface area contributed by atoms with Gasteiger partial charge in [-0.1, -0.05) is 51.8 Å². The molecule has 24 heteroatoms. The normalized spacial score (nSPS) is 16.3. The van der Waals surface area contributed by atoms with Crippen LogP contribution in [-0.4, -0.2) is 98.6 Å². The number of halogens is 3. The number of β-lactam (4-membered cyclic amide) rings is 1. The first-order chi connectivity index (χ1) is 33.5. The molecule has 19 nitrogen and oxygen atoms in total. The van der Waals surface area contributed by atoms with Crippen LogP contribution in [0.3, 0.4) is 0 Å². The largest absolute Gasteiger partial charge is 0.497 e. The molecule has 0 saturated carbocycles. The smallest absolute Gasteiger partial charge is 0.436 e. The molecule has 3 aromatic heterocycles. The Morgan fingerprint density at radius 3 is 2.39 bits per heavy atom. The maximum atomic E-state index is 15.6. The van der Waals surface area contributed by atoms with Gasteiger partial charge in [-0.05, 0) is 77.4 Å². The van der Waals surface area contributed by atoms with Crippen molar-refractivity contribution in [1.29, 1.82) is 0 Å².